The molecular weight excluding hydrogens is 346 g/mol. The molecule has 0 fully saturated rings. The Morgan fingerprint density at radius 3 is 3.09 bits per heavy atom. The Balaban J connectivity index is 2.00. The van der Waals surface area contributed by atoms with Gasteiger partial charge in [0.05, 0.1) is 18.6 Å². The SMILES string of the molecule is COc1cc(Br)c2c3c1OC1C[C@H](O)C=CC31CCN(C)C2. The van der Waals surface area contributed by atoms with Crippen LogP contribution in [0.1, 0.15) is 24.0 Å². The van der Waals surface area contributed by atoms with Crippen LogP contribution >= 0.6 is 15.9 Å². The molecule has 2 heterocycles. The number of aliphatic hydroxyl groups is 1. The number of methoxy groups -OCH3 is 1. The van der Waals surface area contributed by atoms with E-state index in [1.807, 2.05) is 12.1 Å². The van der Waals surface area contributed by atoms with Gasteiger partial charge in [-0.1, -0.05) is 28.1 Å². The molecule has 5 heteroatoms. The number of rotatable bonds is 1. The van der Waals surface area contributed by atoms with Crippen LogP contribution in [0.15, 0.2) is 22.7 Å². The summed E-state index contributed by atoms with van der Waals surface area (Å²) < 4.78 is 12.9. The van der Waals surface area contributed by atoms with Crippen LogP contribution < -0.4 is 9.47 Å². The fourth-order valence-electron chi connectivity index (χ4n) is 4.10. The zero-order valence-corrected chi connectivity index (χ0v) is 14.4. The lowest BCUT2D eigenvalue weighted by Crippen LogP contribution is -2.42. The molecule has 3 aliphatic rings. The van der Waals surface area contributed by atoms with Crippen LogP contribution in [0.25, 0.3) is 0 Å². The van der Waals surface area contributed by atoms with Crippen molar-refractivity contribution in [2.24, 2.45) is 0 Å². The molecule has 4 nitrogen and oxygen atoms in total. The first kappa shape index (κ1) is 14.5. The molecule has 0 saturated carbocycles. The third-order valence-electron chi connectivity index (χ3n) is 5.23. The predicted molar refractivity (Wildman–Crippen MR) is 87.5 cm³/mol. The Hall–Kier alpha value is -1.04. The molecule has 2 unspecified atom stereocenters. The van der Waals surface area contributed by atoms with Gasteiger partial charge in [0.2, 0.25) is 0 Å². The highest BCUT2D eigenvalue weighted by atomic mass is 79.9. The average molecular weight is 366 g/mol. The average Bonchev–Trinajstić information content (AvgIpc) is 2.74. The van der Waals surface area contributed by atoms with Gasteiger partial charge >= 0.3 is 0 Å². The Bertz CT molecular complexity index is 660. The maximum Gasteiger partial charge on any atom is 0.166 e. The van der Waals surface area contributed by atoms with Crippen LogP contribution in [0.4, 0.5) is 0 Å². The van der Waals surface area contributed by atoms with E-state index in [2.05, 4.69) is 34.0 Å². The van der Waals surface area contributed by atoms with E-state index in [0.29, 0.717) is 6.42 Å². The summed E-state index contributed by atoms with van der Waals surface area (Å²) in [5.41, 5.74) is 2.38. The molecule has 2 aliphatic heterocycles. The van der Waals surface area contributed by atoms with E-state index in [4.69, 9.17) is 9.47 Å². The highest BCUT2D eigenvalue weighted by Gasteiger charge is 2.53. The first-order chi connectivity index (χ1) is 10.5. The van der Waals surface area contributed by atoms with Crippen molar-refractivity contribution in [2.45, 2.75) is 37.0 Å². The summed E-state index contributed by atoms with van der Waals surface area (Å²) in [7, 11) is 3.83. The van der Waals surface area contributed by atoms with Gasteiger partial charge in [-0.25, -0.2) is 0 Å². The Morgan fingerprint density at radius 1 is 1.50 bits per heavy atom. The topological polar surface area (TPSA) is 41.9 Å². The van der Waals surface area contributed by atoms with Gasteiger partial charge in [-0.05, 0) is 31.6 Å². The zero-order valence-electron chi connectivity index (χ0n) is 12.8. The van der Waals surface area contributed by atoms with Gasteiger partial charge in [0, 0.05) is 23.0 Å². The minimum Gasteiger partial charge on any atom is -0.493 e. The molecule has 3 atom stereocenters. The highest BCUT2D eigenvalue weighted by Crippen LogP contribution is 2.57. The van der Waals surface area contributed by atoms with Crippen molar-refractivity contribution in [3.8, 4) is 11.5 Å². The van der Waals surface area contributed by atoms with E-state index in [0.717, 1.165) is 35.5 Å². The van der Waals surface area contributed by atoms with E-state index in [1.54, 1.807) is 7.11 Å². The van der Waals surface area contributed by atoms with E-state index < -0.39 is 6.10 Å². The summed E-state index contributed by atoms with van der Waals surface area (Å²) in [5.74, 6) is 1.63. The minimum atomic E-state index is -0.427. The number of ether oxygens (including phenoxy) is 2. The molecule has 0 radical (unpaired) electrons. The summed E-state index contributed by atoms with van der Waals surface area (Å²) in [4.78, 5) is 2.34. The number of benzene rings is 1. The summed E-state index contributed by atoms with van der Waals surface area (Å²) >= 11 is 3.71. The molecule has 1 aromatic rings. The van der Waals surface area contributed by atoms with Crippen LogP contribution in [-0.2, 0) is 12.0 Å². The maximum atomic E-state index is 10.0. The second-order valence-electron chi connectivity index (χ2n) is 6.54. The zero-order chi connectivity index (χ0) is 15.5. The van der Waals surface area contributed by atoms with Gasteiger partial charge in [-0.3, -0.25) is 0 Å². The summed E-state index contributed by atoms with van der Waals surface area (Å²) in [6.07, 6.45) is 5.29. The summed E-state index contributed by atoms with van der Waals surface area (Å²) in [6.45, 7) is 1.89. The third kappa shape index (κ3) is 1.88. The standard InChI is InChI=1S/C17H20BrNO3/c1-19-6-5-17-4-3-10(20)7-14(17)22-16-13(21-2)8-12(18)11(9-19)15(16)17/h3-4,8,10,14,20H,5-7,9H2,1-2H3/t10-,14?,17?/m1/s1. The van der Waals surface area contributed by atoms with Crippen molar-refractivity contribution in [2.75, 3.05) is 20.7 Å². The molecule has 1 spiro atoms. The van der Waals surface area contributed by atoms with Crippen LogP contribution in [0.2, 0.25) is 0 Å². The number of aliphatic hydroxyl groups excluding tert-OH is 1. The van der Waals surface area contributed by atoms with E-state index >= 15 is 0 Å². The van der Waals surface area contributed by atoms with E-state index in [9.17, 15) is 5.11 Å². The summed E-state index contributed by atoms with van der Waals surface area (Å²) in [6, 6.07) is 2.00. The van der Waals surface area contributed by atoms with E-state index in [-0.39, 0.29) is 11.5 Å². The lowest BCUT2D eigenvalue weighted by molar-refractivity contribution is 0.0821. The molecule has 0 saturated heterocycles. The van der Waals surface area contributed by atoms with Crippen LogP contribution in [-0.4, -0.2) is 42.9 Å². The van der Waals surface area contributed by atoms with Gasteiger partial charge in [0.25, 0.3) is 0 Å². The Labute approximate surface area is 138 Å². The number of hydrogen-bond acceptors (Lipinski definition) is 4. The van der Waals surface area contributed by atoms with E-state index in [1.165, 1.54) is 11.1 Å². The lowest BCUT2D eigenvalue weighted by atomic mass is 9.69. The Kier molecular flexibility index (Phi) is 3.29. The molecule has 1 aromatic carbocycles. The van der Waals surface area contributed by atoms with Crippen LogP contribution in [0.5, 0.6) is 11.5 Å². The van der Waals surface area contributed by atoms with Gasteiger partial charge in [-0.2, -0.15) is 0 Å². The molecule has 0 bridgehead atoms. The molecule has 4 rings (SSSR count). The molecule has 22 heavy (non-hydrogen) atoms. The van der Waals surface area contributed by atoms with Gasteiger partial charge in [0.15, 0.2) is 11.5 Å². The van der Waals surface area contributed by atoms with Crippen molar-refractivity contribution in [3.63, 3.8) is 0 Å². The maximum absolute atomic E-state index is 10.0. The first-order valence-corrected chi connectivity index (χ1v) is 8.47. The number of halogens is 1. The van der Waals surface area contributed by atoms with Crippen molar-refractivity contribution in [1.82, 2.24) is 4.90 Å². The monoisotopic (exact) mass is 365 g/mol. The molecule has 118 valence electrons. The van der Waals surface area contributed by atoms with Crippen LogP contribution in [0, 0.1) is 0 Å². The first-order valence-electron chi connectivity index (χ1n) is 7.67. The van der Waals surface area contributed by atoms with Crippen LogP contribution in [0.3, 0.4) is 0 Å². The number of hydrogen-bond donors (Lipinski definition) is 1. The second-order valence-corrected chi connectivity index (χ2v) is 7.39. The van der Waals surface area contributed by atoms with Crippen molar-refractivity contribution in [3.05, 3.63) is 33.8 Å². The smallest absolute Gasteiger partial charge is 0.166 e. The fourth-order valence-corrected chi connectivity index (χ4v) is 4.63. The molecule has 0 aromatic heterocycles. The van der Waals surface area contributed by atoms with Gasteiger partial charge in [0.1, 0.15) is 6.10 Å². The van der Waals surface area contributed by atoms with Crippen molar-refractivity contribution < 1.29 is 14.6 Å². The van der Waals surface area contributed by atoms with Crippen molar-refractivity contribution in [1.29, 1.82) is 0 Å². The third-order valence-corrected chi connectivity index (χ3v) is 5.93. The van der Waals surface area contributed by atoms with Gasteiger partial charge < -0.3 is 19.5 Å². The summed E-state index contributed by atoms with van der Waals surface area (Å²) in [5, 5.41) is 10.0. The molecule has 0 amide bonds. The largest absolute Gasteiger partial charge is 0.493 e. The normalized spacial score (nSPS) is 32.9. The molecule has 1 N–H and O–H groups in total. The molecular formula is C17H20BrNO3. The highest BCUT2D eigenvalue weighted by molar-refractivity contribution is 9.10. The Morgan fingerprint density at radius 2 is 2.32 bits per heavy atom. The lowest BCUT2D eigenvalue weighted by Gasteiger charge is -2.35. The van der Waals surface area contributed by atoms with Gasteiger partial charge in [-0.15, -0.1) is 0 Å². The fraction of sp³-hybridized carbons (Fsp3) is 0.529. The minimum absolute atomic E-state index is 0.0176. The quantitative estimate of drug-likeness (QED) is 0.776. The number of nitrogens with zero attached hydrogens (tertiary/aromatic N) is 1. The molecule has 1 aliphatic carbocycles. The van der Waals surface area contributed by atoms with Crippen molar-refractivity contribution >= 4 is 15.9 Å². The predicted octanol–water partition coefficient (Wildman–Crippen LogP) is 2.61. The second kappa shape index (κ2) is 4.98.